The summed E-state index contributed by atoms with van der Waals surface area (Å²) >= 11 is 0. The first kappa shape index (κ1) is 10.7. The zero-order valence-corrected chi connectivity index (χ0v) is 8.46. The van der Waals surface area contributed by atoms with Gasteiger partial charge in [-0.15, -0.1) is 0 Å². The molecule has 0 aliphatic carbocycles. The molecule has 0 saturated heterocycles. The minimum atomic E-state index is -1.10. The fourth-order valence-corrected chi connectivity index (χ4v) is 1.79. The zero-order valence-electron chi connectivity index (χ0n) is 8.46. The third-order valence-corrected chi connectivity index (χ3v) is 2.53. The first-order valence-corrected chi connectivity index (χ1v) is 4.91. The molecule has 1 aromatic heterocycles. The van der Waals surface area contributed by atoms with E-state index in [9.17, 15) is 4.79 Å². The molecular weight excluding hydrogens is 212 g/mol. The maximum absolute atomic E-state index is 10.4. The molecule has 1 aliphatic rings. The molecule has 1 aliphatic heterocycles. The molecule has 86 valence electrons. The Bertz CT molecular complexity index is 396. The van der Waals surface area contributed by atoms with E-state index in [1.54, 1.807) is 18.3 Å². The summed E-state index contributed by atoms with van der Waals surface area (Å²) in [6.45, 7) is 0.0207. The number of aromatic nitrogens is 1. The van der Waals surface area contributed by atoms with Crippen LogP contribution in [0.5, 0.6) is 5.75 Å². The number of ether oxygens (including phenoxy) is 1. The van der Waals surface area contributed by atoms with Crippen LogP contribution in [0.4, 0.5) is 4.79 Å². The number of carbonyl (C=O) groups is 1. The van der Waals surface area contributed by atoms with Gasteiger partial charge in [0.15, 0.2) is 0 Å². The number of aliphatic hydroxyl groups excluding tert-OH is 1. The van der Waals surface area contributed by atoms with Crippen LogP contribution >= 0.6 is 0 Å². The predicted octanol–water partition coefficient (Wildman–Crippen LogP) is 0.186. The van der Waals surface area contributed by atoms with Crippen LogP contribution in [0.2, 0.25) is 0 Å². The average Bonchev–Trinajstić information content (AvgIpc) is 2.64. The van der Waals surface area contributed by atoms with Crippen molar-refractivity contribution in [3.8, 4) is 5.75 Å². The van der Waals surface area contributed by atoms with E-state index in [1.807, 2.05) is 0 Å². The lowest BCUT2D eigenvalue weighted by Crippen LogP contribution is -2.34. The average molecular weight is 224 g/mol. The Hall–Kier alpha value is -1.82. The van der Waals surface area contributed by atoms with Gasteiger partial charge in [-0.05, 0) is 12.1 Å². The van der Waals surface area contributed by atoms with Gasteiger partial charge in [0.25, 0.3) is 0 Å². The normalized spacial score (nSPS) is 22.3. The van der Waals surface area contributed by atoms with E-state index in [2.05, 4.69) is 10.3 Å². The molecule has 0 aromatic carbocycles. The number of nitrogens with one attached hydrogen (secondary N) is 1. The second-order valence-corrected chi connectivity index (χ2v) is 3.52. The number of nitrogens with zero attached hydrogens (tertiary/aromatic N) is 1. The highest BCUT2D eigenvalue weighted by Gasteiger charge is 2.35. The highest BCUT2D eigenvalue weighted by atomic mass is 16.5. The molecular formula is C10H12N2O4. The first-order chi connectivity index (χ1) is 7.72. The van der Waals surface area contributed by atoms with Crippen molar-refractivity contribution in [3.63, 3.8) is 0 Å². The third-order valence-electron chi connectivity index (χ3n) is 2.53. The van der Waals surface area contributed by atoms with Gasteiger partial charge in [-0.2, -0.15) is 0 Å². The van der Waals surface area contributed by atoms with Crippen LogP contribution in [0.3, 0.4) is 0 Å². The summed E-state index contributed by atoms with van der Waals surface area (Å²) in [5.41, 5.74) is 0.690. The minimum Gasteiger partial charge on any atom is -0.485 e. The van der Waals surface area contributed by atoms with Gasteiger partial charge in [-0.1, -0.05) is 0 Å². The van der Waals surface area contributed by atoms with Crippen LogP contribution in [0.1, 0.15) is 11.6 Å². The van der Waals surface area contributed by atoms with Crippen molar-refractivity contribution in [2.24, 2.45) is 0 Å². The SMILES string of the molecule is O=C(O)NC[C@H]1c2ncccc2O[C@@H]1CO. The van der Waals surface area contributed by atoms with E-state index in [1.165, 1.54) is 0 Å². The van der Waals surface area contributed by atoms with Crippen LogP contribution in [-0.4, -0.2) is 40.5 Å². The topological polar surface area (TPSA) is 91.7 Å². The second kappa shape index (κ2) is 4.36. The largest absolute Gasteiger partial charge is 0.485 e. The van der Waals surface area contributed by atoms with E-state index in [-0.39, 0.29) is 19.1 Å². The lowest BCUT2D eigenvalue weighted by molar-refractivity contribution is 0.114. The maximum Gasteiger partial charge on any atom is 0.404 e. The van der Waals surface area contributed by atoms with Crippen molar-refractivity contribution in [1.29, 1.82) is 0 Å². The quantitative estimate of drug-likeness (QED) is 0.681. The summed E-state index contributed by atoms with van der Waals surface area (Å²) in [5, 5.41) is 20.0. The van der Waals surface area contributed by atoms with Gasteiger partial charge in [-0.3, -0.25) is 4.98 Å². The molecule has 0 spiro atoms. The van der Waals surface area contributed by atoms with E-state index in [4.69, 9.17) is 14.9 Å². The Kier molecular flexibility index (Phi) is 2.91. The first-order valence-electron chi connectivity index (χ1n) is 4.91. The Morgan fingerprint density at radius 1 is 1.62 bits per heavy atom. The lowest BCUT2D eigenvalue weighted by atomic mass is 10.0. The summed E-state index contributed by atoms with van der Waals surface area (Å²) < 4.78 is 5.46. The van der Waals surface area contributed by atoms with Crippen molar-refractivity contribution in [2.45, 2.75) is 12.0 Å². The molecule has 0 radical (unpaired) electrons. The van der Waals surface area contributed by atoms with E-state index in [0.29, 0.717) is 11.4 Å². The molecule has 1 aromatic rings. The highest BCUT2D eigenvalue weighted by Crippen LogP contribution is 2.35. The molecule has 2 heterocycles. The minimum absolute atomic E-state index is 0.164. The van der Waals surface area contributed by atoms with Gasteiger partial charge in [-0.25, -0.2) is 4.79 Å². The van der Waals surface area contributed by atoms with Gasteiger partial charge >= 0.3 is 6.09 Å². The molecule has 16 heavy (non-hydrogen) atoms. The highest BCUT2D eigenvalue weighted by molar-refractivity contribution is 5.64. The monoisotopic (exact) mass is 224 g/mol. The summed E-state index contributed by atoms with van der Waals surface area (Å²) in [6.07, 6.45) is 0.0910. The van der Waals surface area contributed by atoms with E-state index in [0.717, 1.165) is 0 Å². The molecule has 0 bridgehead atoms. The van der Waals surface area contributed by atoms with Crippen LogP contribution in [0.25, 0.3) is 0 Å². The number of fused-ring (bicyclic) bond motifs is 1. The predicted molar refractivity (Wildman–Crippen MR) is 54.5 cm³/mol. The standard InChI is InChI=1S/C10H12N2O4/c13-5-8-6(4-12-10(14)15)9-7(16-8)2-1-3-11-9/h1-3,6,8,12-13H,4-5H2,(H,14,15)/t6-,8-/m1/s1. The molecule has 2 atom stereocenters. The number of carboxylic acid groups (broad SMARTS) is 1. The molecule has 6 nitrogen and oxygen atoms in total. The number of amides is 1. The number of rotatable bonds is 3. The van der Waals surface area contributed by atoms with Crippen molar-refractivity contribution >= 4 is 6.09 Å². The Morgan fingerprint density at radius 2 is 2.44 bits per heavy atom. The number of aliphatic hydroxyl groups is 1. The summed E-state index contributed by atoms with van der Waals surface area (Å²) in [7, 11) is 0. The van der Waals surface area contributed by atoms with Crippen LogP contribution < -0.4 is 10.1 Å². The molecule has 2 rings (SSSR count). The number of hydrogen-bond acceptors (Lipinski definition) is 4. The van der Waals surface area contributed by atoms with Crippen molar-refractivity contribution < 1.29 is 19.7 Å². The fourth-order valence-electron chi connectivity index (χ4n) is 1.79. The van der Waals surface area contributed by atoms with Crippen LogP contribution in [-0.2, 0) is 0 Å². The van der Waals surface area contributed by atoms with Gasteiger partial charge < -0.3 is 20.3 Å². The Balaban J connectivity index is 2.17. The lowest BCUT2D eigenvalue weighted by Gasteiger charge is -2.15. The van der Waals surface area contributed by atoms with Crippen molar-refractivity contribution in [2.75, 3.05) is 13.2 Å². The molecule has 6 heteroatoms. The van der Waals surface area contributed by atoms with Crippen LogP contribution in [0.15, 0.2) is 18.3 Å². The fraction of sp³-hybridized carbons (Fsp3) is 0.400. The number of pyridine rings is 1. The van der Waals surface area contributed by atoms with Gasteiger partial charge in [0.2, 0.25) is 0 Å². The molecule has 3 N–H and O–H groups in total. The summed E-state index contributed by atoms with van der Waals surface area (Å²) in [5.74, 6) is 0.371. The van der Waals surface area contributed by atoms with Crippen molar-refractivity contribution in [1.82, 2.24) is 10.3 Å². The van der Waals surface area contributed by atoms with Gasteiger partial charge in [0, 0.05) is 12.7 Å². The van der Waals surface area contributed by atoms with E-state index >= 15 is 0 Å². The molecule has 0 fully saturated rings. The maximum atomic E-state index is 10.4. The smallest absolute Gasteiger partial charge is 0.404 e. The summed E-state index contributed by atoms with van der Waals surface area (Å²) in [4.78, 5) is 14.6. The van der Waals surface area contributed by atoms with Crippen LogP contribution in [0, 0.1) is 0 Å². The Morgan fingerprint density at radius 3 is 3.12 bits per heavy atom. The molecule has 1 amide bonds. The third kappa shape index (κ3) is 1.92. The van der Waals surface area contributed by atoms with Gasteiger partial charge in [0.1, 0.15) is 11.9 Å². The second-order valence-electron chi connectivity index (χ2n) is 3.52. The summed E-state index contributed by atoms with van der Waals surface area (Å²) in [6, 6.07) is 3.49. The Labute approximate surface area is 91.9 Å². The van der Waals surface area contributed by atoms with Gasteiger partial charge in [0.05, 0.1) is 18.2 Å². The van der Waals surface area contributed by atoms with Crippen molar-refractivity contribution in [3.05, 3.63) is 24.0 Å². The molecule has 0 saturated carbocycles. The van der Waals surface area contributed by atoms with E-state index < -0.39 is 12.2 Å². The molecule has 0 unspecified atom stereocenters. The number of hydrogen-bond donors (Lipinski definition) is 3. The zero-order chi connectivity index (χ0) is 11.5.